The smallest absolute Gasteiger partial charge is 0.115 e. The van der Waals surface area contributed by atoms with Gasteiger partial charge < -0.3 is 29.4 Å². The normalized spacial score (nSPS) is 28.3. The van der Waals surface area contributed by atoms with Gasteiger partial charge in [-0.1, -0.05) is 35.9 Å². The van der Waals surface area contributed by atoms with E-state index >= 15 is 0 Å². The van der Waals surface area contributed by atoms with Crippen molar-refractivity contribution in [1.29, 1.82) is 0 Å². The Morgan fingerprint density at radius 1 is 1.12 bits per heavy atom. The maximum Gasteiger partial charge on any atom is 0.115 e. The highest BCUT2D eigenvalue weighted by Gasteiger charge is 2.47. The summed E-state index contributed by atoms with van der Waals surface area (Å²) in [4.78, 5) is 8.11. The number of fused-ring (bicyclic) bond motifs is 2. The number of hydrogen-bond donors (Lipinski definition) is 3. The standard InChI is InChI=1S/C24H25ClN2O5/c25-16-8-18-17(27-21(16)13-1-3-14(4-2-13)24(12-28)5-6-24)7-15(26-18)9-30-20-11-32-22-19(29)10-31-23(20)22/h1-4,7-8,19-20,22-23,26,28-29H,5-6,9-12H2/t19?,20?,22-,23-/m1/s1. The molecule has 168 valence electrons. The average Bonchev–Trinajstić information content (AvgIpc) is 3.14. The molecular formula is C24H25ClN2O5. The van der Waals surface area contributed by atoms with Crippen LogP contribution in [0.4, 0.5) is 0 Å². The Balaban J connectivity index is 1.20. The van der Waals surface area contributed by atoms with E-state index in [-0.39, 0.29) is 36.9 Å². The fourth-order valence-electron chi connectivity index (χ4n) is 4.82. The summed E-state index contributed by atoms with van der Waals surface area (Å²) in [6, 6.07) is 12.0. The molecule has 0 radical (unpaired) electrons. The van der Waals surface area contributed by atoms with Gasteiger partial charge in [-0.2, -0.15) is 0 Å². The van der Waals surface area contributed by atoms with Crippen molar-refractivity contribution in [3.63, 3.8) is 0 Å². The first-order valence-electron chi connectivity index (χ1n) is 11.0. The number of aromatic nitrogens is 2. The summed E-state index contributed by atoms with van der Waals surface area (Å²) in [6.45, 7) is 1.24. The quantitative estimate of drug-likeness (QED) is 0.527. The predicted molar refractivity (Wildman–Crippen MR) is 119 cm³/mol. The third-order valence-corrected chi connectivity index (χ3v) is 7.26. The lowest BCUT2D eigenvalue weighted by molar-refractivity contribution is -0.0446. The summed E-state index contributed by atoms with van der Waals surface area (Å²) >= 11 is 6.56. The van der Waals surface area contributed by atoms with Crippen molar-refractivity contribution in [2.45, 2.75) is 49.3 Å². The molecule has 0 amide bonds. The van der Waals surface area contributed by atoms with Gasteiger partial charge in [0.05, 0.1) is 48.2 Å². The Bertz CT molecular complexity index is 1140. The van der Waals surface area contributed by atoms with Gasteiger partial charge in [-0.15, -0.1) is 0 Å². The second-order valence-electron chi connectivity index (χ2n) is 9.07. The van der Waals surface area contributed by atoms with Crippen molar-refractivity contribution >= 4 is 22.6 Å². The van der Waals surface area contributed by atoms with E-state index in [4.69, 9.17) is 30.8 Å². The molecule has 0 spiro atoms. The van der Waals surface area contributed by atoms with Crippen LogP contribution in [0.1, 0.15) is 24.1 Å². The minimum Gasteiger partial charge on any atom is -0.395 e. The molecule has 2 aromatic heterocycles. The summed E-state index contributed by atoms with van der Waals surface area (Å²) in [5.41, 5.74) is 5.33. The largest absolute Gasteiger partial charge is 0.395 e. The van der Waals surface area contributed by atoms with E-state index in [0.29, 0.717) is 18.2 Å². The molecule has 2 unspecified atom stereocenters. The van der Waals surface area contributed by atoms with E-state index in [1.165, 1.54) is 5.56 Å². The molecule has 4 atom stereocenters. The third kappa shape index (κ3) is 3.44. The van der Waals surface area contributed by atoms with Crippen molar-refractivity contribution in [3.8, 4) is 11.3 Å². The number of aromatic amines is 1. The topological polar surface area (TPSA) is 96.8 Å². The van der Waals surface area contributed by atoms with Gasteiger partial charge in [0.25, 0.3) is 0 Å². The molecule has 8 heteroatoms. The number of halogens is 1. The molecule has 0 bridgehead atoms. The zero-order chi connectivity index (χ0) is 21.9. The van der Waals surface area contributed by atoms with Gasteiger partial charge in [0.1, 0.15) is 24.4 Å². The number of aliphatic hydroxyl groups is 2. The van der Waals surface area contributed by atoms with E-state index in [1.54, 1.807) is 0 Å². The van der Waals surface area contributed by atoms with Gasteiger partial charge in [0, 0.05) is 16.7 Å². The average molecular weight is 457 g/mol. The first kappa shape index (κ1) is 20.6. The third-order valence-electron chi connectivity index (χ3n) is 6.97. The number of nitrogens with one attached hydrogen (secondary N) is 1. The van der Waals surface area contributed by atoms with Crippen LogP contribution in [0.5, 0.6) is 0 Å². The van der Waals surface area contributed by atoms with Crippen LogP contribution in [0.2, 0.25) is 5.02 Å². The van der Waals surface area contributed by atoms with Gasteiger partial charge in [0.15, 0.2) is 0 Å². The number of rotatable bonds is 6. The summed E-state index contributed by atoms with van der Waals surface area (Å²) in [6.07, 6.45) is 0.745. The molecule has 1 aromatic carbocycles. The highest BCUT2D eigenvalue weighted by Crippen LogP contribution is 2.48. The van der Waals surface area contributed by atoms with Gasteiger partial charge in [-0.3, -0.25) is 0 Å². The van der Waals surface area contributed by atoms with Gasteiger partial charge in [0.2, 0.25) is 0 Å². The maximum atomic E-state index is 9.87. The Labute approximate surface area is 190 Å². The first-order chi connectivity index (χ1) is 15.6. The summed E-state index contributed by atoms with van der Waals surface area (Å²) in [5.74, 6) is 0. The summed E-state index contributed by atoms with van der Waals surface area (Å²) < 4.78 is 17.2. The van der Waals surface area contributed by atoms with Gasteiger partial charge in [-0.25, -0.2) is 4.98 Å². The molecule has 32 heavy (non-hydrogen) atoms. The molecule has 7 nitrogen and oxygen atoms in total. The maximum absolute atomic E-state index is 9.87. The number of hydrogen-bond acceptors (Lipinski definition) is 6. The van der Waals surface area contributed by atoms with Crippen LogP contribution in [0.3, 0.4) is 0 Å². The Kier molecular flexibility index (Phi) is 5.02. The van der Waals surface area contributed by atoms with Crippen LogP contribution in [-0.2, 0) is 26.2 Å². The van der Waals surface area contributed by atoms with Crippen molar-refractivity contribution in [3.05, 3.63) is 52.7 Å². The van der Waals surface area contributed by atoms with Crippen LogP contribution >= 0.6 is 11.6 Å². The molecular weight excluding hydrogens is 432 g/mol. The minimum atomic E-state index is -0.584. The SMILES string of the molecule is OCC1(c2ccc(-c3nc4cc(COC5CO[C@@H]6C(O)CO[C@H]56)[nH]c4cc3Cl)cc2)CC1. The van der Waals surface area contributed by atoms with E-state index in [0.717, 1.165) is 40.8 Å². The number of aliphatic hydroxyl groups excluding tert-OH is 2. The van der Waals surface area contributed by atoms with Crippen LogP contribution in [0, 0.1) is 0 Å². The Morgan fingerprint density at radius 3 is 2.66 bits per heavy atom. The molecule has 1 aliphatic carbocycles. The Morgan fingerprint density at radius 2 is 1.91 bits per heavy atom. The van der Waals surface area contributed by atoms with E-state index in [9.17, 15) is 10.2 Å². The first-order valence-corrected chi connectivity index (χ1v) is 11.4. The van der Waals surface area contributed by atoms with E-state index in [2.05, 4.69) is 17.1 Å². The van der Waals surface area contributed by atoms with Gasteiger partial charge >= 0.3 is 0 Å². The predicted octanol–water partition coefficient (Wildman–Crippen LogP) is 2.95. The van der Waals surface area contributed by atoms with Crippen molar-refractivity contribution in [2.24, 2.45) is 0 Å². The van der Waals surface area contributed by atoms with Crippen molar-refractivity contribution < 1.29 is 24.4 Å². The number of ether oxygens (including phenoxy) is 3. The van der Waals surface area contributed by atoms with Crippen molar-refractivity contribution in [2.75, 3.05) is 19.8 Å². The number of benzene rings is 1. The second kappa shape index (κ2) is 7.80. The fraction of sp³-hybridized carbons (Fsp3) is 0.458. The lowest BCUT2D eigenvalue weighted by Gasteiger charge is -2.16. The highest BCUT2D eigenvalue weighted by atomic mass is 35.5. The molecule has 2 aliphatic heterocycles. The monoisotopic (exact) mass is 456 g/mol. The molecule has 1 saturated carbocycles. The molecule has 3 fully saturated rings. The van der Waals surface area contributed by atoms with E-state index < -0.39 is 6.10 Å². The molecule has 3 N–H and O–H groups in total. The van der Waals surface area contributed by atoms with Gasteiger partial charge in [-0.05, 0) is 30.5 Å². The zero-order valence-electron chi connectivity index (χ0n) is 17.5. The molecule has 4 heterocycles. The number of H-pyrrole nitrogens is 1. The molecule has 3 aromatic rings. The van der Waals surface area contributed by atoms with Crippen LogP contribution in [-0.4, -0.2) is 64.4 Å². The number of nitrogens with zero attached hydrogens (tertiary/aromatic N) is 1. The van der Waals surface area contributed by atoms with Crippen molar-refractivity contribution in [1.82, 2.24) is 9.97 Å². The Hall–Kier alpha value is -2.00. The fourth-order valence-corrected chi connectivity index (χ4v) is 5.08. The van der Waals surface area contributed by atoms with Crippen LogP contribution in [0.15, 0.2) is 36.4 Å². The molecule has 6 rings (SSSR count). The lowest BCUT2D eigenvalue weighted by Crippen LogP contribution is -2.32. The lowest BCUT2D eigenvalue weighted by atomic mass is 9.95. The zero-order valence-corrected chi connectivity index (χ0v) is 18.2. The molecule has 3 aliphatic rings. The van der Waals surface area contributed by atoms with E-state index in [1.807, 2.05) is 24.3 Å². The number of pyridine rings is 1. The van der Waals surface area contributed by atoms with Crippen LogP contribution in [0.25, 0.3) is 22.3 Å². The summed E-state index contributed by atoms with van der Waals surface area (Å²) in [5, 5.41) is 20.1. The highest BCUT2D eigenvalue weighted by molar-refractivity contribution is 6.33. The summed E-state index contributed by atoms with van der Waals surface area (Å²) in [7, 11) is 0. The second-order valence-corrected chi connectivity index (χ2v) is 9.48. The van der Waals surface area contributed by atoms with Crippen LogP contribution < -0.4 is 0 Å². The minimum absolute atomic E-state index is 0.0543. The molecule has 2 saturated heterocycles.